The summed E-state index contributed by atoms with van der Waals surface area (Å²) < 4.78 is 6.50. The van der Waals surface area contributed by atoms with Crippen molar-refractivity contribution in [3.05, 3.63) is 47.3 Å². The summed E-state index contributed by atoms with van der Waals surface area (Å²) in [6.45, 7) is 0. The number of methoxy groups -OCH3 is 1. The molecule has 0 saturated heterocycles. The highest BCUT2D eigenvalue weighted by Gasteiger charge is 2.08. The highest BCUT2D eigenvalue weighted by atomic mass is 32.2. The van der Waals surface area contributed by atoms with Crippen molar-refractivity contribution in [2.24, 2.45) is 5.73 Å². The zero-order valence-corrected chi connectivity index (χ0v) is 11.3. The average molecular weight is 265 g/mol. The molecule has 0 aliphatic carbocycles. The summed E-state index contributed by atoms with van der Waals surface area (Å²) in [5.41, 5.74) is 7.28. The van der Waals surface area contributed by atoms with Gasteiger partial charge in [-0.3, -0.25) is 0 Å². The molecule has 1 atom stereocenters. The van der Waals surface area contributed by atoms with Gasteiger partial charge in [-0.2, -0.15) is 0 Å². The number of nitrogens with two attached hydrogens (primary N) is 1. The van der Waals surface area contributed by atoms with E-state index in [1.807, 2.05) is 24.3 Å². The van der Waals surface area contributed by atoms with Gasteiger partial charge in [-0.1, -0.05) is 18.2 Å². The normalized spacial score (nSPS) is 12.4. The van der Waals surface area contributed by atoms with Crippen LogP contribution in [0.5, 0.6) is 5.75 Å². The third-order valence-corrected chi connectivity index (χ3v) is 4.67. The van der Waals surface area contributed by atoms with E-state index in [1.54, 1.807) is 30.2 Å². The monoisotopic (exact) mass is 265 g/mol. The van der Waals surface area contributed by atoms with Crippen LogP contribution in [0.1, 0.15) is 11.6 Å². The largest absolute Gasteiger partial charge is 0.497 e. The van der Waals surface area contributed by atoms with Gasteiger partial charge < -0.3 is 10.5 Å². The third kappa shape index (κ3) is 3.49. The summed E-state index contributed by atoms with van der Waals surface area (Å²) in [6.07, 6.45) is 0. The minimum absolute atomic E-state index is 0.0391. The summed E-state index contributed by atoms with van der Waals surface area (Å²) >= 11 is 3.55. The maximum absolute atomic E-state index is 6.16. The molecule has 0 fully saturated rings. The molecule has 1 unspecified atom stereocenters. The Morgan fingerprint density at radius 1 is 1.35 bits per heavy atom. The van der Waals surface area contributed by atoms with Gasteiger partial charge in [0.25, 0.3) is 0 Å². The van der Waals surface area contributed by atoms with Crippen LogP contribution < -0.4 is 10.5 Å². The van der Waals surface area contributed by atoms with E-state index in [-0.39, 0.29) is 6.04 Å². The van der Waals surface area contributed by atoms with Crippen LogP contribution in [-0.2, 0) is 0 Å². The molecule has 2 N–H and O–H groups in total. The Bertz CT molecular complexity index is 456. The molecule has 2 nitrogen and oxygen atoms in total. The van der Waals surface area contributed by atoms with E-state index in [2.05, 4.69) is 17.5 Å². The minimum Gasteiger partial charge on any atom is -0.497 e. The van der Waals surface area contributed by atoms with Gasteiger partial charge in [0.1, 0.15) is 5.75 Å². The molecule has 0 amide bonds. The van der Waals surface area contributed by atoms with Gasteiger partial charge in [0.15, 0.2) is 0 Å². The Kier molecular flexibility index (Phi) is 4.48. The van der Waals surface area contributed by atoms with Crippen molar-refractivity contribution in [1.29, 1.82) is 0 Å². The van der Waals surface area contributed by atoms with Gasteiger partial charge in [0.2, 0.25) is 0 Å². The summed E-state index contributed by atoms with van der Waals surface area (Å²) in [6, 6.07) is 12.2. The number of rotatable bonds is 5. The molecular weight excluding hydrogens is 250 g/mol. The first-order valence-electron chi connectivity index (χ1n) is 5.35. The lowest BCUT2D eigenvalue weighted by Crippen LogP contribution is -2.12. The van der Waals surface area contributed by atoms with E-state index in [0.29, 0.717) is 0 Å². The van der Waals surface area contributed by atoms with Gasteiger partial charge in [-0.05, 0) is 29.1 Å². The molecule has 17 heavy (non-hydrogen) atoms. The van der Waals surface area contributed by atoms with Crippen LogP contribution in [0, 0.1) is 0 Å². The van der Waals surface area contributed by atoms with E-state index in [0.717, 1.165) is 17.1 Å². The zero-order chi connectivity index (χ0) is 12.1. The van der Waals surface area contributed by atoms with Crippen molar-refractivity contribution in [2.45, 2.75) is 10.3 Å². The van der Waals surface area contributed by atoms with E-state index in [9.17, 15) is 0 Å². The van der Waals surface area contributed by atoms with E-state index >= 15 is 0 Å². The minimum atomic E-state index is 0.0391. The number of hydrogen-bond acceptors (Lipinski definition) is 4. The molecule has 1 aromatic heterocycles. The lowest BCUT2D eigenvalue weighted by molar-refractivity contribution is 0.414. The number of benzene rings is 1. The average Bonchev–Trinajstić information content (AvgIpc) is 2.89. The van der Waals surface area contributed by atoms with Crippen LogP contribution in [-0.4, -0.2) is 12.9 Å². The first-order valence-corrected chi connectivity index (χ1v) is 7.22. The van der Waals surface area contributed by atoms with E-state index < -0.39 is 0 Å². The van der Waals surface area contributed by atoms with Crippen LogP contribution in [0.4, 0.5) is 0 Å². The number of thiophene rings is 1. The number of thioether (sulfide) groups is 1. The highest BCUT2D eigenvalue weighted by molar-refractivity contribution is 8.01. The van der Waals surface area contributed by atoms with Crippen LogP contribution in [0.25, 0.3) is 0 Å². The zero-order valence-electron chi connectivity index (χ0n) is 9.63. The van der Waals surface area contributed by atoms with Crippen LogP contribution in [0.3, 0.4) is 0 Å². The summed E-state index contributed by atoms with van der Waals surface area (Å²) in [5.74, 6) is 1.74. The summed E-state index contributed by atoms with van der Waals surface area (Å²) in [4.78, 5) is 0. The Labute approximate surface area is 110 Å². The second kappa shape index (κ2) is 6.10. The predicted octanol–water partition coefficient (Wildman–Crippen LogP) is 3.55. The molecule has 0 aliphatic heterocycles. The topological polar surface area (TPSA) is 35.2 Å². The van der Waals surface area contributed by atoms with E-state index in [1.165, 1.54) is 4.21 Å². The molecule has 0 radical (unpaired) electrons. The molecule has 0 aliphatic rings. The van der Waals surface area contributed by atoms with E-state index in [4.69, 9.17) is 10.5 Å². The maximum atomic E-state index is 6.16. The van der Waals surface area contributed by atoms with Crippen molar-refractivity contribution >= 4 is 23.1 Å². The van der Waals surface area contributed by atoms with Crippen LogP contribution >= 0.6 is 23.1 Å². The highest BCUT2D eigenvalue weighted by Crippen LogP contribution is 2.28. The molecule has 1 aromatic carbocycles. The molecule has 4 heteroatoms. The summed E-state index contributed by atoms with van der Waals surface area (Å²) in [7, 11) is 1.67. The molecular formula is C13H15NOS2. The smallest absolute Gasteiger partial charge is 0.119 e. The fourth-order valence-corrected chi connectivity index (χ4v) is 3.29. The maximum Gasteiger partial charge on any atom is 0.119 e. The Morgan fingerprint density at radius 3 is 2.94 bits per heavy atom. The number of ether oxygens (including phenoxy) is 1. The lowest BCUT2D eigenvalue weighted by Gasteiger charge is -2.12. The first-order chi connectivity index (χ1) is 8.29. The third-order valence-electron chi connectivity index (χ3n) is 2.42. The van der Waals surface area contributed by atoms with Gasteiger partial charge >= 0.3 is 0 Å². The predicted molar refractivity (Wildman–Crippen MR) is 75.0 cm³/mol. The molecule has 2 aromatic rings. The van der Waals surface area contributed by atoms with Crippen molar-refractivity contribution < 1.29 is 4.74 Å². The lowest BCUT2D eigenvalue weighted by atomic mass is 10.1. The first kappa shape index (κ1) is 12.5. The van der Waals surface area contributed by atoms with Gasteiger partial charge in [0.05, 0.1) is 11.3 Å². The standard InChI is InChI=1S/C13H15NOS2/c1-15-11-5-2-4-10(8-11)12(14)9-17-13-6-3-7-16-13/h2-8,12H,9,14H2,1H3. The Morgan fingerprint density at radius 2 is 2.24 bits per heavy atom. The summed E-state index contributed by atoms with van der Waals surface area (Å²) in [5, 5.41) is 2.08. The van der Waals surface area contributed by atoms with Gasteiger partial charge in [-0.15, -0.1) is 23.1 Å². The Hall–Kier alpha value is -0.970. The quantitative estimate of drug-likeness (QED) is 0.840. The molecule has 0 saturated carbocycles. The SMILES string of the molecule is COc1cccc(C(N)CSc2cccs2)c1. The second-order valence-corrected chi connectivity index (χ2v) is 5.89. The van der Waals surface area contributed by atoms with Crippen LogP contribution in [0.15, 0.2) is 46.0 Å². The van der Waals surface area contributed by atoms with Gasteiger partial charge in [0, 0.05) is 11.8 Å². The fourth-order valence-electron chi connectivity index (χ4n) is 1.49. The second-order valence-electron chi connectivity index (χ2n) is 3.63. The molecule has 0 bridgehead atoms. The molecule has 0 spiro atoms. The van der Waals surface area contributed by atoms with Crippen molar-refractivity contribution in [3.63, 3.8) is 0 Å². The molecule has 1 heterocycles. The van der Waals surface area contributed by atoms with Gasteiger partial charge in [-0.25, -0.2) is 0 Å². The Balaban J connectivity index is 1.96. The molecule has 2 rings (SSSR count). The van der Waals surface area contributed by atoms with Crippen molar-refractivity contribution in [3.8, 4) is 5.75 Å². The van der Waals surface area contributed by atoms with Crippen LogP contribution in [0.2, 0.25) is 0 Å². The van der Waals surface area contributed by atoms with Crippen molar-refractivity contribution in [2.75, 3.05) is 12.9 Å². The fraction of sp³-hybridized carbons (Fsp3) is 0.231. The number of hydrogen-bond donors (Lipinski definition) is 1. The van der Waals surface area contributed by atoms with Crippen molar-refractivity contribution in [1.82, 2.24) is 0 Å². The molecule has 90 valence electrons.